The monoisotopic (exact) mass is 262 g/mol. The number of fused-ring (bicyclic) bond motifs is 2. The van der Waals surface area contributed by atoms with Gasteiger partial charge in [-0.25, -0.2) is 4.79 Å². The fourth-order valence-electron chi connectivity index (χ4n) is 1.98. The number of benzene rings is 1. The summed E-state index contributed by atoms with van der Waals surface area (Å²) >= 11 is 0. The van der Waals surface area contributed by atoms with E-state index >= 15 is 0 Å². The normalized spacial score (nSPS) is 18.6. The molecule has 0 saturated carbocycles. The maximum atomic E-state index is 11.2. The van der Waals surface area contributed by atoms with Gasteiger partial charge in [-0.2, -0.15) is 0 Å². The van der Waals surface area contributed by atoms with Crippen molar-refractivity contribution in [3.8, 4) is 11.5 Å². The predicted molar refractivity (Wildman–Crippen MR) is 68.7 cm³/mol. The number of hydrogen-bond acceptors (Lipinski definition) is 5. The smallest absolute Gasteiger partial charge is 0.336 e. The molecule has 0 saturated heterocycles. The Balaban J connectivity index is 2.06. The second kappa shape index (κ2) is 3.99. The quantitative estimate of drug-likeness (QED) is 0.792. The molecule has 3 rings (SSSR count). The minimum Gasteiger partial charge on any atom is -0.486 e. The van der Waals surface area contributed by atoms with Crippen molar-refractivity contribution >= 4 is 11.0 Å². The van der Waals surface area contributed by atoms with Gasteiger partial charge in [0.15, 0.2) is 17.6 Å². The van der Waals surface area contributed by atoms with Crippen LogP contribution in [0.1, 0.15) is 13.8 Å². The lowest BCUT2D eigenvalue weighted by molar-refractivity contribution is -0.0652. The molecule has 0 radical (unpaired) electrons. The van der Waals surface area contributed by atoms with Crippen molar-refractivity contribution in [2.45, 2.75) is 25.6 Å². The summed E-state index contributed by atoms with van der Waals surface area (Å²) in [6.45, 7) is 3.59. The van der Waals surface area contributed by atoms with Crippen LogP contribution in [0, 0.1) is 0 Å². The Morgan fingerprint density at radius 1 is 1.26 bits per heavy atom. The molecule has 0 unspecified atom stereocenters. The minimum absolute atomic E-state index is 0.249. The van der Waals surface area contributed by atoms with Crippen LogP contribution in [0.15, 0.2) is 33.5 Å². The molecule has 0 amide bonds. The van der Waals surface area contributed by atoms with Gasteiger partial charge in [-0.05, 0) is 26.0 Å². The Kier molecular flexibility index (Phi) is 2.53. The van der Waals surface area contributed by atoms with Crippen LogP contribution >= 0.6 is 0 Å². The number of rotatable bonds is 1. The summed E-state index contributed by atoms with van der Waals surface area (Å²) in [5.41, 5.74) is -0.939. The summed E-state index contributed by atoms with van der Waals surface area (Å²) in [5, 5.41) is 10.7. The Bertz CT molecular complexity index is 680. The first kappa shape index (κ1) is 12.0. The highest BCUT2D eigenvalue weighted by atomic mass is 16.6. The molecule has 1 atom stereocenters. The number of ether oxygens (including phenoxy) is 2. The van der Waals surface area contributed by atoms with E-state index in [2.05, 4.69) is 0 Å². The molecule has 100 valence electrons. The maximum Gasteiger partial charge on any atom is 0.336 e. The van der Waals surface area contributed by atoms with Gasteiger partial charge >= 0.3 is 5.63 Å². The van der Waals surface area contributed by atoms with Crippen molar-refractivity contribution in [2.24, 2.45) is 0 Å². The minimum atomic E-state index is -0.990. The third-order valence-electron chi connectivity index (χ3n) is 3.13. The Morgan fingerprint density at radius 3 is 2.79 bits per heavy atom. The Labute approximate surface area is 109 Å². The molecule has 1 aliphatic heterocycles. The number of aliphatic hydroxyl groups is 1. The molecular formula is C14H14O5. The lowest BCUT2D eigenvalue weighted by Gasteiger charge is -2.33. The van der Waals surface area contributed by atoms with Crippen molar-refractivity contribution in [1.29, 1.82) is 0 Å². The van der Waals surface area contributed by atoms with Crippen LogP contribution < -0.4 is 15.1 Å². The highest BCUT2D eigenvalue weighted by Gasteiger charge is 2.33. The zero-order valence-electron chi connectivity index (χ0n) is 10.7. The molecule has 1 aliphatic rings. The van der Waals surface area contributed by atoms with Crippen molar-refractivity contribution in [1.82, 2.24) is 0 Å². The lowest BCUT2D eigenvalue weighted by Crippen LogP contribution is -2.46. The molecule has 1 aromatic heterocycles. The van der Waals surface area contributed by atoms with E-state index in [9.17, 15) is 9.90 Å². The van der Waals surface area contributed by atoms with Crippen molar-refractivity contribution < 1.29 is 19.0 Å². The van der Waals surface area contributed by atoms with E-state index in [4.69, 9.17) is 13.9 Å². The molecule has 1 aromatic carbocycles. The summed E-state index contributed by atoms with van der Waals surface area (Å²) in [6, 6.07) is 6.39. The summed E-state index contributed by atoms with van der Waals surface area (Å²) < 4.78 is 16.4. The molecule has 2 heterocycles. The van der Waals surface area contributed by atoms with E-state index in [1.54, 1.807) is 32.0 Å². The maximum absolute atomic E-state index is 11.2. The first-order chi connectivity index (χ1) is 8.93. The van der Waals surface area contributed by atoms with Crippen LogP contribution in [-0.4, -0.2) is 23.4 Å². The van der Waals surface area contributed by atoms with Gasteiger partial charge in [0.05, 0.1) is 5.60 Å². The van der Waals surface area contributed by atoms with Crippen molar-refractivity contribution in [3.05, 3.63) is 34.7 Å². The van der Waals surface area contributed by atoms with E-state index in [1.165, 1.54) is 6.07 Å². The van der Waals surface area contributed by atoms with E-state index < -0.39 is 17.3 Å². The molecule has 5 heteroatoms. The van der Waals surface area contributed by atoms with Gasteiger partial charge in [-0.3, -0.25) is 0 Å². The standard InChI is InChI=1S/C14H14O5/c1-14(2,16)12-7-17-10-6-9-8(5-11(10)18-12)3-4-13(15)19-9/h3-6,12,16H,7H2,1-2H3/t12-/m1/s1. The van der Waals surface area contributed by atoms with E-state index in [0.717, 1.165) is 5.39 Å². The van der Waals surface area contributed by atoms with E-state index in [0.29, 0.717) is 17.1 Å². The third kappa shape index (κ3) is 2.17. The van der Waals surface area contributed by atoms with Gasteiger partial charge in [0, 0.05) is 17.5 Å². The Morgan fingerprint density at radius 2 is 2.05 bits per heavy atom. The van der Waals surface area contributed by atoms with E-state index in [1.807, 2.05) is 0 Å². The summed E-state index contributed by atoms with van der Waals surface area (Å²) in [4.78, 5) is 11.2. The first-order valence-corrected chi connectivity index (χ1v) is 6.03. The second-order valence-corrected chi connectivity index (χ2v) is 5.16. The van der Waals surface area contributed by atoms with Crippen molar-refractivity contribution in [2.75, 3.05) is 6.61 Å². The van der Waals surface area contributed by atoms with Gasteiger partial charge in [-0.15, -0.1) is 0 Å². The van der Waals surface area contributed by atoms with E-state index in [-0.39, 0.29) is 6.61 Å². The SMILES string of the molecule is CC(C)(O)[C@H]1COc2cc3oc(=O)ccc3cc2O1. The van der Waals surface area contributed by atoms with Crippen LogP contribution in [0.2, 0.25) is 0 Å². The molecule has 0 aliphatic carbocycles. The fourth-order valence-corrected chi connectivity index (χ4v) is 1.98. The second-order valence-electron chi connectivity index (χ2n) is 5.16. The van der Waals surface area contributed by atoms with Crippen LogP contribution in [-0.2, 0) is 0 Å². The first-order valence-electron chi connectivity index (χ1n) is 6.03. The van der Waals surface area contributed by atoms with Gasteiger partial charge in [-0.1, -0.05) is 0 Å². The summed E-state index contributed by atoms with van der Waals surface area (Å²) in [7, 11) is 0. The van der Waals surface area contributed by atoms with Gasteiger partial charge in [0.1, 0.15) is 12.2 Å². The fraction of sp³-hybridized carbons (Fsp3) is 0.357. The zero-order valence-corrected chi connectivity index (χ0v) is 10.7. The molecule has 19 heavy (non-hydrogen) atoms. The average Bonchev–Trinajstić information content (AvgIpc) is 2.34. The highest BCUT2D eigenvalue weighted by molar-refractivity contribution is 5.80. The van der Waals surface area contributed by atoms with Crippen LogP contribution in [0.25, 0.3) is 11.0 Å². The largest absolute Gasteiger partial charge is 0.486 e. The molecule has 0 spiro atoms. The van der Waals surface area contributed by atoms with Gasteiger partial charge in [0.2, 0.25) is 0 Å². The molecule has 0 bridgehead atoms. The van der Waals surface area contributed by atoms with Crippen LogP contribution in [0.5, 0.6) is 11.5 Å². The van der Waals surface area contributed by atoms with Crippen LogP contribution in [0.3, 0.4) is 0 Å². The average molecular weight is 262 g/mol. The molecule has 2 aromatic rings. The zero-order chi connectivity index (χ0) is 13.6. The summed E-state index contributed by atoms with van der Waals surface area (Å²) in [5.74, 6) is 1.06. The predicted octanol–water partition coefficient (Wildman–Crippen LogP) is 1.70. The molecule has 0 fully saturated rings. The lowest BCUT2D eigenvalue weighted by atomic mass is 10.0. The van der Waals surface area contributed by atoms with Gasteiger partial charge in [0.25, 0.3) is 0 Å². The summed E-state index contributed by atoms with van der Waals surface area (Å²) in [6.07, 6.45) is -0.437. The van der Waals surface area contributed by atoms with Crippen LogP contribution in [0.4, 0.5) is 0 Å². The Hall–Kier alpha value is -2.01. The molecule has 5 nitrogen and oxygen atoms in total. The highest BCUT2D eigenvalue weighted by Crippen LogP contribution is 2.37. The molecular weight excluding hydrogens is 248 g/mol. The molecule has 1 N–H and O–H groups in total. The van der Waals surface area contributed by atoms with Gasteiger partial charge < -0.3 is 19.0 Å². The number of hydrogen-bond donors (Lipinski definition) is 1. The third-order valence-corrected chi connectivity index (χ3v) is 3.13. The van der Waals surface area contributed by atoms with Crippen molar-refractivity contribution in [3.63, 3.8) is 0 Å². The topological polar surface area (TPSA) is 68.9 Å².